The summed E-state index contributed by atoms with van der Waals surface area (Å²) in [7, 11) is 1.52. The number of aromatic nitrogens is 2. The Morgan fingerprint density at radius 3 is 2.43 bits per heavy atom. The highest BCUT2D eigenvalue weighted by molar-refractivity contribution is 6.30. The Balaban J connectivity index is 1.82. The van der Waals surface area contributed by atoms with Gasteiger partial charge in [-0.3, -0.25) is 9.59 Å². The predicted octanol–water partition coefficient (Wildman–Crippen LogP) is 4.29. The molecule has 30 heavy (non-hydrogen) atoms. The minimum Gasteiger partial charge on any atom is -0.495 e. The number of hydrogen-bond acceptors (Lipinski definition) is 4. The Morgan fingerprint density at radius 2 is 1.80 bits per heavy atom. The Morgan fingerprint density at radius 1 is 1.10 bits per heavy atom. The average Bonchev–Trinajstić information content (AvgIpc) is 2.96. The summed E-state index contributed by atoms with van der Waals surface area (Å²) in [6.45, 7) is 5.22. The van der Waals surface area contributed by atoms with Crippen LogP contribution in [-0.4, -0.2) is 28.7 Å². The van der Waals surface area contributed by atoms with Gasteiger partial charge in [-0.05, 0) is 56.3 Å². The fourth-order valence-electron chi connectivity index (χ4n) is 3.21. The third kappa shape index (κ3) is 4.80. The molecule has 0 bridgehead atoms. The summed E-state index contributed by atoms with van der Waals surface area (Å²) in [4.78, 5) is 24.1. The van der Waals surface area contributed by atoms with Crippen molar-refractivity contribution in [2.45, 2.75) is 27.2 Å². The van der Waals surface area contributed by atoms with Crippen molar-refractivity contribution in [1.82, 2.24) is 9.78 Å². The van der Waals surface area contributed by atoms with Crippen molar-refractivity contribution in [1.29, 1.82) is 0 Å². The first-order chi connectivity index (χ1) is 14.3. The number of methoxy groups -OCH3 is 1. The van der Waals surface area contributed by atoms with Gasteiger partial charge in [-0.2, -0.15) is 5.10 Å². The summed E-state index contributed by atoms with van der Waals surface area (Å²) >= 11 is 5.97. The summed E-state index contributed by atoms with van der Waals surface area (Å²) in [6, 6.07) is 12.4. The molecule has 0 fully saturated rings. The van der Waals surface area contributed by atoms with Gasteiger partial charge in [-0.1, -0.05) is 11.6 Å². The van der Waals surface area contributed by atoms with Gasteiger partial charge >= 0.3 is 0 Å². The zero-order valence-electron chi connectivity index (χ0n) is 17.2. The maximum Gasteiger partial charge on any atom is 0.229 e. The number of benzene rings is 2. The molecular weight excluding hydrogens is 404 g/mol. The van der Waals surface area contributed by atoms with Gasteiger partial charge in [0.25, 0.3) is 0 Å². The van der Waals surface area contributed by atoms with E-state index < -0.39 is 0 Å². The van der Waals surface area contributed by atoms with E-state index in [-0.39, 0.29) is 18.2 Å². The minimum atomic E-state index is -0.213. The van der Waals surface area contributed by atoms with Crippen LogP contribution in [0.5, 0.6) is 5.75 Å². The molecule has 2 N–H and O–H groups in total. The first kappa shape index (κ1) is 21.4. The van der Waals surface area contributed by atoms with Crippen molar-refractivity contribution in [2.75, 3.05) is 17.7 Å². The first-order valence-electron chi connectivity index (χ1n) is 9.35. The van der Waals surface area contributed by atoms with E-state index >= 15 is 0 Å². The Labute approximate surface area is 180 Å². The van der Waals surface area contributed by atoms with Crippen molar-refractivity contribution in [3.05, 3.63) is 64.4 Å². The summed E-state index contributed by atoms with van der Waals surface area (Å²) < 4.78 is 7.12. The largest absolute Gasteiger partial charge is 0.495 e. The molecule has 3 rings (SSSR count). The zero-order valence-corrected chi connectivity index (χ0v) is 18.0. The van der Waals surface area contributed by atoms with E-state index in [0.29, 0.717) is 22.1 Å². The van der Waals surface area contributed by atoms with E-state index in [9.17, 15) is 9.59 Å². The van der Waals surface area contributed by atoms with Crippen molar-refractivity contribution in [3.63, 3.8) is 0 Å². The molecule has 0 atom stereocenters. The van der Waals surface area contributed by atoms with E-state index in [0.717, 1.165) is 22.6 Å². The number of ether oxygens (including phenoxy) is 1. The lowest BCUT2D eigenvalue weighted by molar-refractivity contribution is -0.116. The Hall–Kier alpha value is -3.32. The summed E-state index contributed by atoms with van der Waals surface area (Å²) in [5.41, 5.74) is 4.42. The molecule has 0 aliphatic heterocycles. The number of hydrogen-bond donors (Lipinski definition) is 2. The smallest absolute Gasteiger partial charge is 0.229 e. The van der Waals surface area contributed by atoms with Crippen LogP contribution < -0.4 is 15.4 Å². The van der Waals surface area contributed by atoms with Crippen LogP contribution in [-0.2, 0) is 16.0 Å². The SMILES string of the molecule is COc1ccc(NC(C)=O)cc1NC(=O)Cc1c(C)nn(-c2ccc(Cl)cc2)c1C. The highest BCUT2D eigenvalue weighted by Crippen LogP contribution is 2.28. The number of rotatable bonds is 6. The second-order valence-electron chi connectivity index (χ2n) is 6.86. The molecule has 156 valence electrons. The van der Waals surface area contributed by atoms with Gasteiger partial charge in [0.1, 0.15) is 5.75 Å². The van der Waals surface area contributed by atoms with Gasteiger partial charge in [-0.15, -0.1) is 0 Å². The molecule has 1 heterocycles. The average molecular weight is 427 g/mol. The molecule has 0 spiro atoms. The van der Waals surface area contributed by atoms with Gasteiger partial charge in [0.2, 0.25) is 11.8 Å². The highest BCUT2D eigenvalue weighted by Gasteiger charge is 2.17. The summed E-state index contributed by atoms with van der Waals surface area (Å²) in [5, 5.41) is 10.8. The maximum absolute atomic E-state index is 12.8. The lowest BCUT2D eigenvalue weighted by atomic mass is 10.1. The lowest BCUT2D eigenvalue weighted by Crippen LogP contribution is -2.16. The second-order valence-corrected chi connectivity index (χ2v) is 7.30. The van der Waals surface area contributed by atoms with Crippen LogP contribution in [0.4, 0.5) is 11.4 Å². The van der Waals surface area contributed by atoms with Crippen molar-refractivity contribution >= 4 is 34.8 Å². The predicted molar refractivity (Wildman–Crippen MR) is 118 cm³/mol. The molecule has 8 heteroatoms. The van der Waals surface area contributed by atoms with Gasteiger partial charge in [0, 0.05) is 28.9 Å². The number of nitrogens with one attached hydrogen (secondary N) is 2. The van der Waals surface area contributed by atoms with Crippen molar-refractivity contribution in [2.24, 2.45) is 0 Å². The first-order valence-corrected chi connectivity index (χ1v) is 9.72. The van der Waals surface area contributed by atoms with Crippen LogP contribution in [0.2, 0.25) is 5.02 Å². The van der Waals surface area contributed by atoms with Gasteiger partial charge in [0.15, 0.2) is 0 Å². The van der Waals surface area contributed by atoms with E-state index in [1.807, 2.05) is 26.0 Å². The van der Waals surface area contributed by atoms with Crippen LogP contribution >= 0.6 is 11.6 Å². The monoisotopic (exact) mass is 426 g/mol. The maximum atomic E-state index is 12.8. The number of carbonyl (C=O) groups is 2. The van der Waals surface area contributed by atoms with Crippen LogP contribution in [0.1, 0.15) is 23.9 Å². The van der Waals surface area contributed by atoms with E-state index in [1.54, 1.807) is 35.0 Å². The number of halogens is 1. The zero-order chi connectivity index (χ0) is 21.8. The lowest BCUT2D eigenvalue weighted by Gasteiger charge is -2.12. The highest BCUT2D eigenvalue weighted by atomic mass is 35.5. The van der Waals surface area contributed by atoms with Crippen LogP contribution in [0.25, 0.3) is 5.69 Å². The quantitative estimate of drug-likeness (QED) is 0.615. The van der Waals surface area contributed by atoms with Gasteiger partial charge in [0.05, 0.1) is 30.6 Å². The molecule has 0 aliphatic rings. The molecular formula is C22H23ClN4O3. The van der Waals surface area contributed by atoms with Gasteiger partial charge < -0.3 is 15.4 Å². The molecule has 0 saturated carbocycles. The number of aryl methyl sites for hydroxylation is 1. The van der Waals surface area contributed by atoms with E-state index in [2.05, 4.69) is 15.7 Å². The number of amides is 2. The van der Waals surface area contributed by atoms with E-state index in [4.69, 9.17) is 16.3 Å². The number of anilines is 2. The summed E-state index contributed by atoms with van der Waals surface area (Å²) in [6.07, 6.45) is 0.152. The minimum absolute atomic E-state index is 0.152. The number of nitrogens with zero attached hydrogens (tertiary/aromatic N) is 2. The molecule has 7 nitrogen and oxygen atoms in total. The Bertz CT molecular complexity index is 1090. The van der Waals surface area contributed by atoms with Crippen LogP contribution in [0, 0.1) is 13.8 Å². The van der Waals surface area contributed by atoms with Crippen LogP contribution in [0.3, 0.4) is 0 Å². The molecule has 0 saturated heterocycles. The summed E-state index contributed by atoms with van der Waals surface area (Å²) in [5.74, 6) is 0.0937. The van der Waals surface area contributed by atoms with Crippen molar-refractivity contribution < 1.29 is 14.3 Å². The molecule has 0 radical (unpaired) electrons. The fourth-order valence-corrected chi connectivity index (χ4v) is 3.33. The second kappa shape index (κ2) is 9.00. The van der Waals surface area contributed by atoms with Crippen LogP contribution in [0.15, 0.2) is 42.5 Å². The van der Waals surface area contributed by atoms with Gasteiger partial charge in [-0.25, -0.2) is 4.68 Å². The standard InChI is InChI=1S/C22H23ClN4O3/c1-13-19(14(2)27(26-13)18-8-5-16(23)6-9-18)12-22(29)25-20-11-17(24-15(3)28)7-10-21(20)30-4/h5-11H,12H2,1-4H3,(H,24,28)(H,25,29). The number of carbonyl (C=O) groups excluding carboxylic acids is 2. The van der Waals surface area contributed by atoms with E-state index in [1.165, 1.54) is 14.0 Å². The Kier molecular flexibility index (Phi) is 6.42. The molecule has 0 aliphatic carbocycles. The molecule has 0 unspecified atom stereocenters. The molecule has 2 amide bonds. The molecule has 3 aromatic rings. The normalized spacial score (nSPS) is 10.6. The fraction of sp³-hybridized carbons (Fsp3) is 0.227. The topological polar surface area (TPSA) is 85.2 Å². The molecule has 1 aromatic heterocycles. The van der Waals surface area contributed by atoms with Crippen molar-refractivity contribution in [3.8, 4) is 11.4 Å². The third-order valence-electron chi connectivity index (χ3n) is 4.64. The third-order valence-corrected chi connectivity index (χ3v) is 4.90. The molecule has 2 aromatic carbocycles.